The first-order valence-corrected chi connectivity index (χ1v) is 6.98. The molecule has 0 aliphatic carbocycles. The number of rotatable bonds is 9. The maximum absolute atomic E-state index is 6.03. The van der Waals surface area contributed by atoms with Gasteiger partial charge in [0.25, 0.3) is 0 Å². The Hall–Kier alpha value is -0.950. The number of aryl methyl sites for hydroxylation is 2. The van der Waals surface area contributed by atoms with Crippen LogP contribution < -0.4 is 5.73 Å². The second-order valence-electron chi connectivity index (χ2n) is 5.13. The fourth-order valence-corrected chi connectivity index (χ4v) is 2.60. The number of nitrogens with zero attached hydrogens (tertiary/aromatic N) is 3. The van der Waals surface area contributed by atoms with Crippen LogP contribution in [0.3, 0.4) is 0 Å². The van der Waals surface area contributed by atoms with Crippen molar-refractivity contribution >= 4 is 0 Å². The van der Waals surface area contributed by atoms with E-state index in [-0.39, 0.29) is 12.1 Å². The fourth-order valence-electron chi connectivity index (χ4n) is 2.60. The molecule has 0 saturated heterocycles. The van der Waals surface area contributed by atoms with Crippen molar-refractivity contribution in [3.05, 3.63) is 17.5 Å². The standard InChI is InChI=1S/C14H28N4O2/c1-11(10-20-5)18(6-7-19-4)14(8-15)13-9-17(3)16-12(13)2/h9,11,14H,6-8,10,15H2,1-5H3. The number of hydrogen-bond donors (Lipinski definition) is 1. The van der Waals surface area contributed by atoms with Gasteiger partial charge in [-0.15, -0.1) is 0 Å². The predicted molar refractivity (Wildman–Crippen MR) is 79.7 cm³/mol. The van der Waals surface area contributed by atoms with Gasteiger partial charge in [-0.25, -0.2) is 0 Å². The van der Waals surface area contributed by atoms with E-state index in [1.54, 1.807) is 14.2 Å². The van der Waals surface area contributed by atoms with Crippen molar-refractivity contribution in [1.29, 1.82) is 0 Å². The van der Waals surface area contributed by atoms with E-state index in [9.17, 15) is 0 Å². The third-order valence-corrected chi connectivity index (χ3v) is 3.56. The highest BCUT2D eigenvalue weighted by Crippen LogP contribution is 2.24. The Balaban J connectivity index is 2.97. The highest BCUT2D eigenvalue weighted by molar-refractivity contribution is 5.21. The third kappa shape index (κ3) is 4.28. The van der Waals surface area contributed by atoms with E-state index < -0.39 is 0 Å². The van der Waals surface area contributed by atoms with Crippen molar-refractivity contribution in [3.8, 4) is 0 Å². The molecule has 0 aromatic carbocycles. The monoisotopic (exact) mass is 284 g/mol. The number of methoxy groups -OCH3 is 2. The van der Waals surface area contributed by atoms with Crippen molar-refractivity contribution in [2.75, 3.05) is 40.5 Å². The number of nitrogens with two attached hydrogens (primary N) is 1. The molecule has 0 bridgehead atoms. The molecule has 0 amide bonds. The summed E-state index contributed by atoms with van der Waals surface area (Å²) in [6.07, 6.45) is 2.05. The second kappa shape index (κ2) is 8.36. The van der Waals surface area contributed by atoms with Crippen LogP contribution in [0.15, 0.2) is 6.20 Å². The van der Waals surface area contributed by atoms with Gasteiger partial charge in [-0.3, -0.25) is 9.58 Å². The molecule has 6 nitrogen and oxygen atoms in total. The van der Waals surface area contributed by atoms with Crippen molar-refractivity contribution in [1.82, 2.24) is 14.7 Å². The molecular weight excluding hydrogens is 256 g/mol. The topological polar surface area (TPSA) is 65.5 Å². The average Bonchev–Trinajstić information content (AvgIpc) is 2.73. The van der Waals surface area contributed by atoms with Gasteiger partial charge in [0.1, 0.15) is 0 Å². The van der Waals surface area contributed by atoms with Gasteiger partial charge in [0.2, 0.25) is 0 Å². The van der Waals surface area contributed by atoms with E-state index in [0.29, 0.717) is 19.8 Å². The lowest BCUT2D eigenvalue weighted by Gasteiger charge is -2.35. The summed E-state index contributed by atoms with van der Waals surface area (Å²) in [5.74, 6) is 0. The van der Waals surface area contributed by atoms with E-state index >= 15 is 0 Å². The molecule has 0 aliphatic heterocycles. The zero-order valence-corrected chi connectivity index (χ0v) is 13.3. The molecule has 116 valence electrons. The second-order valence-corrected chi connectivity index (χ2v) is 5.13. The molecule has 6 heteroatoms. The predicted octanol–water partition coefficient (Wildman–Crippen LogP) is 0.712. The minimum Gasteiger partial charge on any atom is -0.383 e. The van der Waals surface area contributed by atoms with Crippen LogP contribution in [-0.4, -0.2) is 61.2 Å². The number of hydrogen-bond acceptors (Lipinski definition) is 5. The summed E-state index contributed by atoms with van der Waals surface area (Å²) in [7, 11) is 5.37. The van der Waals surface area contributed by atoms with Crippen LogP contribution in [0.25, 0.3) is 0 Å². The van der Waals surface area contributed by atoms with Crippen LogP contribution in [0, 0.1) is 6.92 Å². The molecule has 1 heterocycles. The minimum absolute atomic E-state index is 0.129. The Labute approximate surface area is 121 Å². The summed E-state index contributed by atoms with van der Waals surface area (Å²) < 4.78 is 12.3. The lowest BCUT2D eigenvalue weighted by Crippen LogP contribution is -2.44. The zero-order chi connectivity index (χ0) is 15.1. The van der Waals surface area contributed by atoms with Crippen molar-refractivity contribution in [3.63, 3.8) is 0 Å². The van der Waals surface area contributed by atoms with E-state index in [1.807, 2.05) is 24.9 Å². The maximum Gasteiger partial charge on any atom is 0.0641 e. The Morgan fingerprint density at radius 2 is 2.10 bits per heavy atom. The molecule has 1 aromatic rings. The lowest BCUT2D eigenvalue weighted by molar-refractivity contribution is 0.0485. The first kappa shape index (κ1) is 17.1. The third-order valence-electron chi connectivity index (χ3n) is 3.56. The molecule has 0 aliphatic rings. The molecule has 0 fully saturated rings. The molecule has 2 N–H and O–H groups in total. The zero-order valence-electron chi connectivity index (χ0n) is 13.3. The fraction of sp³-hybridized carbons (Fsp3) is 0.786. The van der Waals surface area contributed by atoms with E-state index in [0.717, 1.165) is 12.2 Å². The molecule has 1 aromatic heterocycles. The SMILES string of the molecule is COCCN(C(C)COC)C(CN)c1cn(C)nc1C. The molecule has 0 radical (unpaired) electrons. The van der Waals surface area contributed by atoms with Crippen LogP contribution in [0.5, 0.6) is 0 Å². The maximum atomic E-state index is 6.03. The molecule has 1 rings (SSSR count). The first-order chi connectivity index (χ1) is 9.54. The van der Waals surface area contributed by atoms with Crippen LogP contribution in [-0.2, 0) is 16.5 Å². The summed E-state index contributed by atoms with van der Waals surface area (Å²) in [5, 5.41) is 4.42. The van der Waals surface area contributed by atoms with Crippen LogP contribution in [0.2, 0.25) is 0 Å². The Morgan fingerprint density at radius 1 is 1.40 bits per heavy atom. The minimum atomic E-state index is 0.129. The van der Waals surface area contributed by atoms with Gasteiger partial charge < -0.3 is 15.2 Å². The van der Waals surface area contributed by atoms with Gasteiger partial charge in [-0.05, 0) is 13.8 Å². The largest absolute Gasteiger partial charge is 0.383 e. The van der Waals surface area contributed by atoms with Gasteiger partial charge in [-0.1, -0.05) is 0 Å². The van der Waals surface area contributed by atoms with E-state index in [4.69, 9.17) is 15.2 Å². The Morgan fingerprint density at radius 3 is 2.55 bits per heavy atom. The summed E-state index contributed by atoms with van der Waals surface area (Å²) in [6.45, 7) is 6.87. The Kier molecular flexibility index (Phi) is 7.15. The van der Waals surface area contributed by atoms with Crippen LogP contribution >= 0.6 is 0 Å². The smallest absolute Gasteiger partial charge is 0.0641 e. The van der Waals surface area contributed by atoms with E-state index in [1.165, 1.54) is 5.56 Å². The molecule has 2 unspecified atom stereocenters. The molecule has 2 atom stereocenters. The van der Waals surface area contributed by atoms with Gasteiger partial charge in [0.15, 0.2) is 0 Å². The summed E-state index contributed by atoms with van der Waals surface area (Å²) in [6, 6.07) is 0.396. The number of ether oxygens (including phenoxy) is 2. The molecule has 0 saturated carbocycles. The highest BCUT2D eigenvalue weighted by Gasteiger charge is 2.26. The van der Waals surface area contributed by atoms with Gasteiger partial charge in [-0.2, -0.15) is 5.10 Å². The van der Waals surface area contributed by atoms with Crippen molar-refractivity contribution < 1.29 is 9.47 Å². The van der Waals surface area contributed by atoms with Crippen molar-refractivity contribution in [2.24, 2.45) is 12.8 Å². The summed E-state index contributed by atoms with van der Waals surface area (Å²) >= 11 is 0. The van der Waals surface area contributed by atoms with Gasteiger partial charge in [0.05, 0.1) is 24.9 Å². The lowest BCUT2D eigenvalue weighted by atomic mass is 10.0. The normalized spacial score (nSPS) is 14.8. The average molecular weight is 284 g/mol. The van der Waals surface area contributed by atoms with E-state index in [2.05, 4.69) is 16.9 Å². The molecule has 20 heavy (non-hydrogen) atoms. The van der Waals surface area contributed by atoms with Crippen LogP contribution in [0.4, 0.5) is 0 Å². The quantitative estimate of drug-likeness (QED) is 0.723. The summed E-state index contributed by atoms with van der Waals surface area (Å²) in [4.78, 5) is 2.33. The highest BCUT2D eigenvalue weighted by atomic mass is 16.5. The summed E-state index contributed by atoms with van der Waals surface area (Å²) in [5.41, 5.74) is 8.23. The molecular formula is C14H28N4O2. The van der Waals surface area contributed by atoms with Crippen LogP contribution in [0.1, 0.15) is 24.2 Å². The van der Waals surface area contributed by atoms with Gasteiger partial charge in [0, 0.05) is 52.2 Å². The number of aromatic nitrogens is 2. The first-order valence-electron chi connectivity index (χ1n) is 6.98. The Bertz CT molecular complexity index is 395. The molecule has 0 spiro atoms. The van der Waals surface area contributed by atoms with Gasteiger partial charge >= 0.3 is 0 Å². The van der Waals surface area contributed by atoms with Crippen molar-refractivity contribution in [2.45, 2.75) is 25.9 Å².